The van der Waals surface area contributed by atoms with Gasteiger partial charge in [-0.2, -0.15) is 0 Å². The zero-order chi connectivity index (χ0) is 10.3. The van der Waals surface area contributed by atoms with E-state index >= 15 is 0 Å². The normalized spacial score (nSPS) is 12.5. The fourth-order valence-electron chi connectivity index (χ4n) is 0.780. The van der Waals surface area contributed by atoms with Crippen molar-refractivity contribution < 1.29 is 9.47 Å². The van der Waals surface area contributed by atoms with Crippen molar-refractivity contribution in [1.82, 2.24) is 0 Å². The van der Waals surface area contributed by atoms with E-state index in [0.29, 0.717) is 19.8 Å². The average Bonchev–Trinajstić information content (AvgIpc) is 1.93. The molecule has 0 radical (unpaired) electrons. The zero-order valence-corrected chi connectivity index (χ0v) is 9.30. The highest BCUT2D eigenvalue weighted by atomic mass is 16.5. The maximum atomic E-state index is 5.79. The average molecular weight is 189 g/mol. The third-order valence-electron chi connectivity index (χ3n) is 1.57. The quantitative estimate of drug-likeness (QED) is 0.618. The highest BCUT2D eigenvalue weighted by molar-refractivity contribution is 4.70. The van der Waals surface area contributed by atoms with Gasteiger partial charge in [-0.05, 0) is 34.1 Å². The van der Waals surface area contributed by atoms with E-state index in [-0.39, 0.29) is 11.6 Å². The summed E-state index contributed by atoms with van der Waals surface area (Å²) in [5.41, 5.74) is 5.66. The van der Waals surface area contributed by atoms with Gasteiger partial charge in [-0.25, -0.2) is 0 Å². The van der Waals surface area contributed by atoms with Crippen LogP contribution in [0.1, 0.15) is 34.1 Å². The maximum Gasteiger partial charge on any atom is 0.0703 e. The van der Waals surface area contributed by atoms with Crippen LogP contribution in [0.4, 0.5) is 0 Å². The number of hydrogen-bond acceptors (Lipinski definition) is 3. The number of rotatable bonds is 7. The third-order valence-corrected chi connectivity index (χ3v) is 1.57. The predicted molar refractivity (Wildman–Crippen MR) is 54.8 cm³/mol. The molecule has 0 aromatic rings. The van der Waals surface area contributed by atoms with Gasteiger partial charge in [0.15, 0.2) is 0 Å². The molecule has 0 spiro atoms. The Labute approximate surface area is 81.6 Å². The summed E-state index contributed by atoms with van der Waals surface area (Å²) in [5.74, 6) is 0. The maximum absolute atomic E-state index is 5.79. The zero-order valence-electron chi connectivity index (χ0n) is 9.30. The Bertz CT molecular complexity index is 119. The SMILES string of the molecule is CC(C)OCCOCCC(C)(C)N. The lowest BCUT2D eigenvalue weighted by molar-refractivity contribution is 0.0162. The first-order chi connectivity index (χ1) is 5.92. The van der Waals surface area contributed by atoms with Crippen molar-refractivity contribution in [2.45, 2.75) is 45.8 Å². The van der Waals surface area contributed by atoms with Crippen molar-refractivity contribution in [3.8, 4) is 0 Å². The minimum atomic E-state index is -0.126. The first kappa shape index (κ1) is 12.9. The molecule has 0 fully saturated rings. The highest BCUT2D eigenvalue weighted by Gasteiger charge is 2.09. The van der Waals surface area contributed by atoms with Gasteiger partial charge in [0.05, 0.1) is 19.3 Å². The minimum Gasteiger partial charge on any atom is -0.379 e. The summed E-state index contributed by atoms with van der Waals surface area (Å²) in [5, 5.41) is 0. The van der Waals surface area contributed by atoms with Crippen LogP contribution >= 0.6 is 0 Å². The fraction of sp³-hybridized carbons (Fsp3) is 1.00. The van der Waals surface area contributed by atoms with Crippen LogP contribution in [0.5, 0.6) is 0 Å². The molecule has 0 aliphatic carbocycles. The van der Waals surface area contributed by atoms with E-state index < -0.39 is 0 Å². The molecule has 0 unspecified atom stereocenters. The third kappa shape index (κ3) is 11.9. The summed E-state index contributed by atoms with van der Waals surface area (Å²) in [4.78, 5) is 0. The van der Waals surface area contributed by atoms with Gasteiger partial charge in [0.2, 0.25) is 0 Å². The second kappa shape index (κ2) is 6.35. The van der Waals surface area contributed by atoms with Crippen LogP contribution < -0.4 is 5.73 Å². The second-order valence-electron chi connectivity index (χ2n) is 4.27. The summed E-state index contributed by atoms with van der Waals surface area (Å²) in [7, 11) is 0. The van der Waals surface area contributed by atoms with Crippen LogP contribution in [0.25, 0.3) is 0 Å². The van der Waals surface area contributed by atoms with E-state index in [1.165, 1.54) is 0 Å². The van der Waals surface area contributed by atoms with Gasteiger partial charge in [0.1, 0.15) is 0 Å². The topological polar surface area (TPSA) is 44.5 Å². The van der Waals surface area contributed by atoms with Crippen molar-refractivity contribution in [2.24, 2.45) is 5.73 Å². The summed E-state index contributed by atoms with van der Waals surface area (Å²) < 4.78 is 10.7. The molecule has 13 heavy (non-hydrogen) atoms. The van der Waals surface area contributed by atoms with Crippen LogP contribution in [0.2, 0.25) is 0 Å². The number of nitrogens with two attached hydrogens (primary N) is 1. The van der Waals surface area contributed by atoms with Crippen LogP contribution in [0, 0.1) is 0 Å². The smallest absolute Gasteiger partial charge is 0.0703 e. The Morgan fingerprint density at radius 1 is 1.15 bits per heavy atom. The van der Waals surface area contributed by atoms with Crippen molar-refractivity contribution in [3.63, 3.8) is 0 Å². The molecule has 0 aromatic heterocycles. The lowest BCUT2D eigenvalue weighted by atomic mass is 10.0. The van der Waals surface area contributed by atoms with Gasteiger partial charge in [-0.15, -0.1) is 0 Å². The van der Waals surface area contributed by atoms with Crippen molar-refractivity contribution in [3.05, 3.63) is 0 Å². The molecule has 0 rings (SSSR count). The lowest BCUT2D eigenvalue weighted by Gasteiger charge is -2.18. The molecule has 0 saturated heterocycles. The Morgan fingerprint density at radius 2 is 1.77 bits per heavy atom. The summed E-state index contributed by atoms with van der Waals surface area (Å²) in [6.45, 7) is 10.1. The van der Waals surface area contributed by atoms with Gasteiger partial charge in [-0.1, -0.05) is 0 Å². The molecule has 2 N–H and O–H groups in total. The van der Waals surface area contributed by atoms with E-state index in [9.17, 15) is 0 Å². The molecule has 0 heterocycles. The molecule has 0 aliphatic rings. The van der Waals surface area contributed by atoms with Crippen LogP contribution in [-0.2, 0) is 9.47 Å². The Morgan fingerprint density at radius 3 is 2.23 bits per heavy atom. The molecule has 0 amide bonds. The number of ether oxygens (including phenoxy) is 2. The molecule has 80 valence electrons. The van der Waals surface area contributed by atoms with Crippen molar-refractivity contribution in [2.75, 3.05) is 19.8 Å². The first-order valence-corrected chi connectivity index (χ1v) is 4.90. The van der Waals surface area contributed by atoms with Crippen molar-refractivity contribution in [1.29, 1.82) is 0 Å². The van der Waals surface area contributed by atoms with E-state index in [2.05, 4.69) is 0 Å². The van der Waals surface area contributed by atoms with Gasteiger partial charge >= 0.3 is 0 Å². The van der Waals surface area contributed by atoms with Crippen LogP contribution in [-0.4, -0.2) is 31.5 Å². The molecule has 0 bridgehead atoms. The molecule has 0 atom stereocenters. The minimum absolute atomic E-state index is 0.126. The Hall–Kier alpha value is -0.120. The number of hydrogen-bond donors (Lipinski definition) is 1. The first-order valence-electron chi connectivity index (χ1n) is 4.90. The Balaban J connectivity index is 3.09. The highest BCUT2D eigenvalue weighted by Crippen LogP contribution is 2.02. The summed E-state index contributed by atoms with van der Waals surface area (Å²) in [6, 6.07) is 0. The molecular weight excluding hydrogens is 166 g/mol. The van der Waals surface area contributed by atoms with Gasteiger partial charge < -0.3 is 15.2 Å². The lowest BCUT2D eigenvalue weighted by Crippen LogP contribution is -2.33. The van der Waals surface area contributed by atoms with E-state index in [1.54, 1.807) is 0 Å². The van der Waals surface area contributed by atoms with Gasteiger partial charge in [-0.3, -0.25) is 0 Å². The molecule has 3 heteroatoms. The van der Waals surface area contributed by atoms with Gasteiger partial charge in [0.25, 0.3) is 0 Å². The predicted octanol–water partition coefficient (Wildman–Crippen LogP) is 1.56. The molecular formula is C10H23NO2. The molecule has 0 aliphatic heterocycles. The second-order valence-corrected chi connectivity index (χ2v) is 4.27. The van der Waals surface area contributed by atoms with E-state index in [4.69, 9.17) is 15.2 Å². The standard InChI is InChI=1S/C10H23NO2/c1-9(2)13-8-7-12-6-5-10(3,4)11/h9H,5-8,11H2,1-4H3. The van der Waals surface area contributed by atoms with Crippen LogP contribution in [0.15, 0.2) is 0 Å². The van der Waals surface area contributed by atoms with E-state index in [1.807, 2.05) is 27.7 Å². The summed E-state index contributed by atoms with van der Waals surface area (Å²) >= 11 is 0. The largest absolute Gasteiger partial charge is 0.379 e. The van der Waals surface area contributed by atoms with Crippen molar-refractivity contribution >= 4 is 0 Å². The van der Waals surface area contributed by atoms with E-state index in [0.717, 1.165) is 6.42 Å². The monoisotopic (exact) mass is 189 g/mol. The molecule has 3 nitrogen and oxygen atoms in total. The fourth-order valence-corrected chi connectivity index (χ4v) is 0.780. The van der Waals surface area contributed by atoms with Gasteiger partial charge in [0, 0.05) is 12.1 Å². The Kier molecular flexibility index (Phi) is 6.29. The van der Waals surface area contributed by atoms with Crippen LogP contribution in [0.3, 0.4) is 0 Å². The molecule has 0 saturated carbocycles. The summed E-state index contributed by atoms with van der Waals surface area (Å²) in [6.07, 6.45) is 1.17. The molecule has 0 aromatic carbocycles.